The summed E-state index contributed by atoms with van der Waals surface area (Å²) in [4.78, 5) is 18.3. The van der Waals surface area contributed by atoms with E-state index in [9.17, 15) is 4.79 Å². The van der Waals surface area contributed by atoms with E-state index < -0.39 is 0 Å². The van der Waals surface area contributed by atoms with E-state index in [1.165, 1.54) is 0 Å². The number of rotatable bonds is 8. The maximum Gasteiger partial charge on any atom is 0.241 e. The summed E-state index contributed by atoms with van der Waals surface area (Å²) in [6.07, 6.45) is 0.935. The summed E-state index contributed by atoms with van der Waals surface area (Å²) in [5, 5.41) is 9.30. The number of ether oxygens (including phenoxy) is 1. The van der Waals surface area contributed by atoms with Gasteiger partial charge in [-0.1, -0.05) is 6.92 Å². The molecular weight excluding hydrogens is 409 g/mol. The second kappa shape index (κ2) is 13.8. The molecule has 1 fully saturated rings. The average molecular weight is 441 g/mol. The molecule has 1 aliphatic rings. The highest BCUT2D eigenvalue weighted by Crippen LogP contribution is 2.02. The SMILES string of the molecule is CCCNC(=O)CN=C(NCC)NCC(C)N1CCOCC1.I. The molecule has 0 spiro atoms. The molecule has 0 aromatic heterocycles. The number of carbonyl (C=O) groups excluding carboxylic acids is 1. The minimum atomic E-state index is -0.0414. The van der Waals surface area contributed by atoms with Crippen LogP contribution >= 0.6 is 24.0 Å². The fourth-order valence-electron chi connectivity index (χ4n) is 2.20. The van der Waals surface area contributed by atoms with Crippen LogP contribution in [0.1, 0.15) is 27.2 Å². The quantitative estimate of drug-likeness (QED) is 0.289. The standard InChI is InChI=1S/C15H31N5O2.HI/c1-4-6-17-14(21)12-19-15(16-5-2)18-11-13(3)20-7-9-22-10-8-20;/h13H,4-12H2,1-3H3,(H,17,21)(H2,16,18,19);1H. The zero-order chi connectivity index (χ0) is 16.2. The number of nitrogens with one attached hydrogen (secondary N) is 3. The molecule has 0 saturated carbocycles. The van der Waals surface area contributed by atoms with Gasteiger partial charge in [-0.25, -0.2) is 4.99 Å². The first-order valence-electron chi connectivity index (χ1n) is 8.28. The highest BCUT2D eigenvalue weighted by Gasteiger charge is 2.17. The lowest BCUT2D eigenvalue weighted by Gasteiger charge is -2.32. The maximum absolute atomic E-state index is 11.6. The zero-order valence-electron chi connectivity index (χ0n) is 14.6. The van der Waals surface area contributed by atoms with Crippen molar-refractivity contribution in [2.75, 3.05) is 52.5 Å². The summed E-state index contributed by atoms with van der Waals surface area (Å²) in [6.45, 7) is 12.2. The van der Waals surface area contributed by atoms with Gasteiger partial charge in [0, 0.05) is 38.8 Å². The molecule has 23 heavy (non-hydrogen) atoms. The molecule has 0 radical (unpaired) electrons. The van der Waals surface area contributed by atoms with Crippen LogP contribution in [0.2, 0.25) is 0 Å². The van der Waals surface area contributed by atoms with Gasteiger partial charge in [0.1, 0.15) is 6.54 Å². The van der Waals surface area contributed by atoms with Gasteiger partial charge in [-0.2, -0.15) is 0 Å². The number of nitrogens with zero attached hydrogens (tertiary/aromatic N) is 2. The first kappa shape index (κ1) is 22.4. The van der Waals surface area contributed by atoms with Crippen LogP contribution in [0.4, 0.5) is 0 Å². The summed E-state index contributed by atoms with van der Waals surface area (Å²) in [5.74, 6) is 0.648. The number of hydrogen-bond donors (Lipinski definition) is 3. The fraction of sp³-hybridized carbons (Fsp3) is 0.867. The van der Waals surface area contributed by atoms with E-state index in [2.05, 4.69) is 32.8 Å². The van der Waals surface area contributed by atoms with E-state index in [0.29, 0.717) is 18.5 Å². The fourth-order valence-corrected chi connectivity index (χ4v) is 2.20. The molecule has 0 bridgehead atoms. The average Bonchev–Trinajstić information content (AvgIpc) is 2.55. The summed E-state index contributed by atoms with van der Waals surface area (Å²) < 4.78 is 5.37. The minimum absolute atomic E-state index is 0. The lowest BCUT2D eigenvalue weighted by atomic mass is 10.2. The second-order valence-corrected chi connectivity index (χ2v) is 5.42. The number of amides is 1. The van der Waals surface area contributed by atoms with Gasteiger partial charge in [0.2, 0.25) is 5.91 Å². The normalized spacial score (nSPS) is 17.1. The summed E-state index contributed by atoms with van der Waals surface area (Å²) in [6, 6.07) is 0.404. The van der Waals surface area contributed by atoms with E-state index in [0.717, 1.165) is 45.8 Å². The number of morpholine rings is 1. The molecule has 0 aromatic carbocycles. The van der Waals surface area contributed by atoms with E-state index in [1.54, 1.807) is 0 Å². The van der Waals surface area contributed by atoms with Crippen molar-refractivity contribution in [3.05, 3.63) is 0 Å². The maximum atomic E-state index is 11.6. The van der Waals surface area contributed by atoms with E-state index in [-0.39, 0.29) is 36.4 Å². The molecule has 1 atom stereocenters. The van der Waals surface area contributed by atoms with Gasteiger partial charge in [0.15, 0.2) is 5.96 Å². The van der Waals surface area contributed by atoms with Crippen LogP contribution in [0.25, 0.3) is 0 Å². The number of guanidine groups is 1. The van der Waals surface area contributed by atoms with Crippen molar-refractivity contribution in [3.8, 4) is 0 Å². The zero-order valence-corrected chi connectivity index (χ0v) is 16.9. The third-order valence-corrected chi connectivity index (χ3v) is 3.53. The Kier molecular flexibility index (Phi) is 13.4. The van der Waals surface area contributed by atoms with Crippen molar-refractivity contribution in [2.24, 2.45) is 4.99 Å². The van der Waals surface area contributed by atoms with Crippen LogP contribution in [-0.2, 0) is 9.53 Å². The van der Waals surface area contributed by atoms with E-state index >= 15 is 0 Å². The summed E-state index contributed by atoms with van der Waals surface area (Å²) in [7, 11) is 0. The molecule has 3 N–H and O–H groups in total. The lowest BCUT2D eigenvalue weighted by Crippen LogP contribution is -2.49. The van der Waals surface area contributed by atoms with E-state index in [4.69, 9.17) is 4.74 Å². The third-order valence-electron chi connectivity index (χ3n) is 3.53. The van der Waals surface area contributed by atoms with Crippen molar-refractivity contribution in [2.45, 2.75) is 33.2 Å². The van der Waals surface area contributed by atoms with Crippen molar-refractivity contribution < 1.29 is 9.53 Å². The number of carbonyl (C=O) groups is 1. The van der Waals surface area contributed by atoms with Crippen LogP contribution in [0.15, 0.2) is 4.99 Å². The monoisotopic (exact) mass is 441 g/mol. The minimum Gasteiger partial charge on any atom is -0.379 e. The highest BCUT2D eigenvalue weighted by atomic mass is 127. The Morgan fingerprint density at radius 1 is 1.22 bits per heavy atom. The Bertz CT molecular complexity index is 349. The van der Waals surface area contributed by atoms with Gasteiger partial charge in [-0.3, -0.25) is 9.69 Å². The molecule has 1 heterocycles. The van der Waals surface area contributed by atoms with Crippen LogP contribution in [0.3, 0.4) is 0 Å². The van der Waals surface area contributed by atoms with Gasteiger partial charge < -0.3 is 20.7 Å². The first-order valence-corrected chi connectivity index (χ1v) is 8.28. The predicted octanol–water partition coefficient (Wildman–Crippen LogP) is 0.406. The number of hydrogen-bond acceptors (Lipinski definition) is 4. The molecule has 1 unspecified atom stereocenters. The molecule has 1 saturated heterocycles. The van der Waals surface area contributed by atoms with Crippen molar-refractivity contribution in [3.63, 3.8) is 0 Å². The molecule has 7 nitrogen and oxygen atoms in total. The molecule has 1 aliphatic heterocycles. The van der Waals surface area contributed by atoms with Gasteiger partial charge in [-0.05, 0) is 20.3 Å². The molecule has 0 aromatic rings. The molecule has 136 valence electrons. The second-order valence-electron chi connectivity index (χ2n) is 5.42. The van der Waals surface area contributed by atoms with Gasteiger partial charge in [0.25, 0.3) is 0 Å². The molecule has 0 aliphatic carbocycles. The summed E-state index contributed by atoms with van der Waals surface area (Å²) in [5.41, 5.74) is 0. The van der Waals surface area contributed by atoms with Crippen molar-refractivity contribution in [1.29, 1.82) is 0 Å². The third kappa shape index (κ3) is 9.98. The lowest BCUT2D eigenvalue weighted by molar-refractivity contribution is -0.119. The van der Waals surface area contributed by atoms with Crippen LogP contribution in [0, 0.1) is 0 Å². The molecule has 8 heteroatoms. The molecular formula is C15H32IN5O2. The van der Waals surface area contributed by atoms with Crippen LogP contribution in [0.5, 0.6) is 0 Å². The Morgan fingerprint density at radius 3 is 2.52 bits per heavy atom. The first-order chi connectivity index (χ1) is 10.7. The summed E-state index contributed by atoms with van der Waals surface area (Å²) >= 11 is 0. The predicted molar refractivity (Wildman–Crippen MR) is 105 cm³/mol. The van der Waals surface area contributed by atoms with Gasteiger partial charge >= 0.3 is 0 Å². The van der Waals surface area contributed by atoms with E-state index in [1.807, 2.05) is 13.8 Å². The largest absolute Gasteiger partial charge is 0.379 e. The molecule has 1 rings (SSSR count). The van der Waals surface area contributed by atoms with Gasteiger partial charge in [-0.15, -0.1) is 24.0 Å². The van der Waals surface area contributed by atoms with Crippen LogP contribution in [-0.4, -0.2) is 75.3 Å². The highest BCUT2D eigenvalue weighted by molar-refractivity contribution is 14.0. The Labute approximate surface area is 157 Å². The smallest absolute Gasteiger partial charge is 0.241 e. The number of aliphatic imine (C=N–C) groups is 1. The topological polar surface area (TPSA) is 78.0 Å². The Balaban J connectivity index is 0.00000484. The van der Waals surface area contributed by atoms with Crippen molar-refractivity contribution >= 4 is 35.8 Å². The number of halogens is 1. The Morgan fingerprint density at radius 2 is 1.91 bits per heavy atom. The Hall–Kier alpha value is -0.610. The molecule has 1 amide bonds. The van der Waals surface area contributed by atoms with Gasteiger partial charge in [0.05, 0.1) is 13.2 Å². The van der Waals surface area contributed by atoms with Crippen molar-refractivity contribution in [1.82, 2.24) is 20.9 Å². The van der Waals surface area contributed by atoms with Crippen LogP contribution < -0.4 is 16.0 Å².